The second kappa shape index (κ2) is 6.50. The molecule has 3 N–H and O–H groups in total. The van der Waals surface area contributed by atoms with Crippen molar-refractivity contribution in [2.24, 2.45) is 0 Å². The predicted octanol–water partition coefficient (Wildman–Crippen LogP) is 0.586. The first kappa shape index (κ1) is 15.4. The van der Waals surface area contributed by atoms with Crippen molar-refractivity contribution in [1.29, 1.82) is 0 Å². The fourth-order valence-electron chi connectivity index (χ4n) is 1.50. The van der Waals surface area contributed by atoms with Crippen LogP contribution in [0.2, 0.25) is 0 Å². The highest BCUT2D eigenvalue weighted by Gasteiger charge is 2.17. The molecule has 0 aliphatic rings. The number of anilines is 1. The van der Waals surface area contributed by atoms with E-state index in [-0.39, 0.29) is 24.4 Å². The van der Waals surface area contributed by atoms with Gasteiger partial charge in [-0.05, 0) is 18.6 Å². The second-order valence-corrected chi connectivity index (χ2v) is 5.29. The summed E-state index contributed by atoms with van der Waals surface area (Å²) >= 11 is 0. The van der Waals surface area contributed by atoms with Gasteiger partial charge in [-0.15, -0.1) is 0 Å². The lowest BCUT2D eigenvalue weighted by Gasteiger charge is -2.12. The van der Waals surface area contributed by atoms with Crippen LogP contribution >= 0.6 is 0 Å². The molecule has 0 atom stereocenters. The standard InChI is InChI=1S/C11H16N2O5S/c1-8-4-3-5-9(10(8)11(14)15)13-19(16,17)12-6-7-18-2/h3-5,12-13H,6-7H2,1-2H3,(H,14,15). The van der Waals surface area contributed by atoms with Gasteiger partial charge in [0.25, 0.3) is 10.2 Å². The van der Waals surface area contributed by atoms with E-state index in [1.54, 1.807) is 19.1 Å². The smallest absolute Gasteiger partial charge is 0.338 e. The van der Waals surface area contributed by atoms with Crippen LogP contribution in [0.4, 0.5) is 5.69 Å². The number of benzene rings is 1. The average molecular weight is 288 g/mol. The molecule has 0 aromatic heterocycles. The normalized spacial score (nSPS) is 11.3. The first-order chi connectivity index (χ1) is 8.87. The summed E-state index contributed by atoms with van der Waals surface area (Å²) in [6.07, 6.45) is 0. The Morgan fingerprint density at radius 1 is 1.42 bits per heavy atom. The minimum atomic E-state index is -3.82. The van der Waals surface area contributed by atoms with E-state index in [9.17, 15) is 13.2 Å². The molecule has 1 aromatic carbocycles. The van der Waals surface area contributed by atoms with E-state index in [2.05, 4.69) is 9.44 Å². The van der Waals surface area contributed by atoms with E-state index in [0.717, 1.165) is 0 Å². The van der Waals surface area contributed by atoms with Gasteiger partial charge < -0.3 is 9.84 Å². The Labute approximate surface area is 111 Å². The first-order valence-electron chi connectivity index (χ1n) is 5.46. The van der Waals surface area contributed by atoms with Gasteiger partial charge in [-0.3, -0.25) is 4.72 Å². The number of carbonyl (C=O) groups is 1. The summed E-state index contributed by atoms with van der Waals surface area (Å²) in [6, 6.07) is 4.57. The minimum absolute atomic E-state index is 0.0254. The Hall–Kier alpha value is -1.64. The molecule has 0 saturated carbocycles. The molecule has 0 amide bonds. The molecule has 1 rings (SSSR count). The molecule has 0 bridgehead atoms. The highest BCUT2D eigenvalue weighted by atomic mass is 32.2. The van der Waals surface area contributed by atoms with Crippen LogP contribution in [0.1, 0.15) is 15.9 Å². The van der Waals surface area contributed by atoms with Crippen LogP contribution in [0.3, 0.4) is 0 Å². The van der Waals surface area contributed by atoms with Gasteiger partial charge in [0, 0.05) is 13.7 Å². The minimum Gasteiger partial charge on any atom is -0.478 e. The van der Waals surface area contributed by atoms with Gasteiger partial charge in [0.15, 0.2) is 0 Å². The molecule has 19 heavy (non-hydrogen) atoms. The molecule has 0 aliphatic heterocycles. The van der Waals surface area contributed by atoms with Gasteiger partial charge in [0.1, 0.15) is 0 Å². The first-order valence-corrected chi connectivity index (χ1v) is 6.95. The Morgan fingerprint density at radius 2 is 2.11 bits per heavy atom. The van der Waals surface area contributed by atoms with Crippen molar-refractivity contribution in [3.05, 3.63) is 29.3 Å². The maximum Gasteiger partial charge on any atom is 0.338 e. The molecule has 1 aromatic rings. The van der Waals surface area contributed by atoms with E-state index in [0.29, 0.717) is 5.56 Å². The van der Waals surface area contributed by atoms with E-state index in [1.807, 2.05) is 0 Å². The van der Waals surface area contributed by atoms with Crippen molar-refractivity contribution in [1.82, 2.24) is 4.72 Å². The molecule has 0 aliphatic carbocycles. The van der Waals surface area contributed by atoms with Crippen LogP contribution in [0, 0.1) is 6.92 Å². The maximum atomic E-state index is 11.7. The zero-order valence-electron chi connectivity index (χ0n) is 10.6. The molecule has 8 heteroatoms. The molecule has 0 heterocycles. The van der Waals surface area contributed by atoms with Crippen LogP contribution in [-0.2, 0) is 14.9 Å². The van der Waals surface area contributed by atoms with Crippen molar-refractivity contribution in [2.45, 2.75) is 6.92 Å². The fourth-order valence-corrected chi connectivity index (χ4v) is 2.38. The number of carboxylic acids is 1. The van der Waals surface area contributed by atoms with Crippen molar-refractivity contribution in [3.63, 3.8) is 0 Å². The number of aromatic carboxylic acids is 1. The van der Waals surface area contributed by atoms with E-state index in [1.165, 1.54) is 13.2 Å². The van der Waals surface area contributed by atoms with Gasteiger partial charge in [-0.2, -0.15) is 13.1 Å². The Morgan fingerprint density at radius 3 is 2.68 bits per heavy atom. The Balaban J connectivity index is 2.93. The highest BCUT2D eigenvalue weighted by molar-refractivity contribution is 7.90. The molecular weight excluding hydrogens is 272 g/mol. The summed E-state index contributed by atoms with van der Waals surface area (Å²) < 4.78 is 32.5. The van der Waals surface area contributed by atoms with Crippen LogP contribution < -0.4 is 9.44 Å². The van der Waals surface area contributed by atoms with Gasteiger partial charge >= 0.3 is 5.97 Å². The van der Waals surface area contributed by atoms with E-state index in [4.69, 9.17) is 9.84 Å². The molecule has 0 fully saturated rings. The van der Waals surface area contributed by atoms with Gasteiger partial charge in [0.05, 0.1) is 17.9 Å². The molecule has 0 unspecified atom stereocenters. The summed E-state index contributed by atoms with van der Waals surface area (Å²) in [5.74, 6) is -1.19. The monoisotopic (exact) mass is 288 g/mol. The van der Waals surface area contributed by atoms with Crippen LogP contribution in [-0.4, -0.2) is 39.8 Å². The maximum absolute atomic E-state index is 11.7. The Kier molecular flexibility index (Phi) is 5.28. The number of carboxylic acid groups (broad SMARTS) is 1. The van der Waals surface area contributed by atoms with Crippen LogP contribution in [0.25, 0.3) is 0 Å². The van der Waals surface area contributed by atoms with E-state index >= 15 is 0 Å². The van der Waals surface area contributed by atoms with Crippen molar-refractivity contribution < 1.29 is 23.1 Å². The largest absolute Gasteiger partial charge is 0.478 e. The summed E-state index contributed by atoms with van der Waals surface area (Å²) in [5, 5.41) is 9.08. The van der Waals surface area contributed by atoms with Crippen LogP contribution in [0.15, 0.2) is 18.2 Å². The topological polar surface area (TPSA) is 105 Å². The molecule has 0 radical (unpaired) electrons. The van der Waals surface area contributed by atoms with Gasteiger partial charge in [-0.25, -0.2) is 4.79 Å². The number of nitrogens with one attached hydrogen (secondary N) is 2. The lowest BCUT2D eigenvalue weighted by atomic mass is 10.1. The molecular formula is C11H16N2O5S. The fraction of sp³-hybridized carbons (Fsp3) is 0.364. The quantitative estimate of drug-likeness (QED) is 0.637. The third kappa shape index (κ3) is 4.51. The summed E-state index contributed by atoms with van der Waals surface area (Å²) in [6.45, 7) is 1.92. The number of aryl methyl sites for hydroxylation is 1. The molecule has 7 nitrogen and oxygen atoms in total. The molecule has 106 valence electrons. The molecule has 0 saturated heterocycles. The number of methoxy groups -OCH3 is 1. The Bertz CT molecular complexity index is 556. The number of ether oxygens (including phenoxy) is 1. The average Bonchev–Trinajstić information content (AvgIpc) is 2.27. The van der Waals surface area contributed by atoms with E-state index < -0.39 is 16.2 Å². The molecule has 0 spiro atoms. The number of hydrogen-bond donors (Lipinski definition) is 3. The second-order valence-electron chi connectivity index (χ2n) is 3.80. The zero-order valence-corrected chi connectivity index (χ0v) is 11.5. The third-order valence-electron chi connectivity index (χ3n) is 2.33. The summed E-state index contributed by atoms with van der Waals surface area (Å²) in [7, 11) is -2.37. The lowest BCUT2D eigenvalue weighted by Crippen LogP contribution is -2.33. The van der Waals surface area contributed by atoms with Crippen molar-refractivity contribution in [2.75, 3.05) is 25.0 Å². The highest BCUT2D eigenvalue weighted by Crippen LogP contribution is 2.20. The summed E-state index contributed by atoms with van der Waals surface area (Å²) in [4.78, 5) is 11.1. The lowest BCUT2D eigenvalue weighted by molar-refractivity contribution is 0.0697. The van der Waals surface area contributed by atoms with Gasteiger partial charge in [-0.1, -0.05) is 12.1 Å². The zero-order chi connectivity index (χ0) is 14.5. The SMILES string of the molecule is COCCNS(=O)(=O)Nc1cccc(C)c1C(=O)O. The summed E-state index contributed by atoms with van der Waals surface area (Å²) in [5.41, 5.74) is 0.432. The number of rotatable bonds is 7. The predicted molar refractivity (Wildman–Crippen MR) is 70.6 cm³/mol. The number of hydrogen-bond acceptors (Lipinski definition) is 4. The third-order valence-corrected chi connectivity index (χ3v) is 3.40. The van der Waals surface area contributed by atoms with Crippen LogP contribution in [0.5, 0.6) is 0 Å². The van der Waals surface area contributed by atoms with Gasteiger partial charge in [0.2, 0.25) is 0 Å². The van der Waals surface area contributed by atoms with Crippen molar-refractivity contribution in [3.8, 4) is 0 Å². The van der Waals surface area contributed by atoms with Crippen molar-refractivity contribution >= 4 is 21.9 Å².